The van der Waals surface area contributed by atoms with E-state index < -0.39 is 0 Å². The van der Waals surface area contributed by atoms with Gasteiger partial charge in [0.1, 0.15) is 17.5 Å². The Morgan fingerprint density at radius 3 is 1.78 bits per heavy atom. The Hall–Kier alpha value is -6.46. The quantitative estimate of drug-likeness (QED) is 0.128. The van der Waals surface area contributed by atoms with Gasteiger partial charge in [-0.25, -0.2) is 34.6 Å². The Morgan fingerprint density at radius 1 is 0.551 bits per heavy atom. The van der Waals surface area contributed by atoms with E-state index in [1.54, 1.807) is 0 Å². The highest BCUT2D eigenvalue weighted by molar-refractivity contribution is 7.60. The molecule has 49 heavy (non-hydrogen) atoms. The van der Waals surface area contributed by atoms with Gasteiger partial charge >= 0.3 is 11.4 Å². The van der Waals surface area contributed by atoms with Crippen LogP contribution >= 0.6 is 8.58 Å². The smallest absolute Gasteiger partial charge is 0.323 e. The minimum atomic E-state index is -0.301. The normalized spacial score (nSPS) is 20.2. The van der Waals surface area contributed by atoms with Crippen LogP contribution in [0.4, 0.5) is 11.6 Å². The number of benzene rings is 4. The first kappa shape index (κ1) is 26.6. The lowest BCUT2D eigenvalue weighted by atomic mass is 9.98. The van der Waals surface area contributed by atoms with Gasteiger partial charge in [-0.15, -0.1) is 0 Å². The summed E-state index contributed by atoms with van der Waals surface area (Å²) in [5, 5.41) is 5.51. The van der Waals surface area contributed by atoms with Crippen LogP contribution in [0.1, 0.15) is 33.4 Å². The highest BCUT2D eigenvalue weighted by Crippen LogP contribution is 2.40. The van der Waals surface area contributed by atoms with E-state index >= 15 is 0 Å². The van der Waals surface area contributed by atoms with Gasteiger partial charge in [0.2, 0.25) is 0 Å². The molecular formula is C35H22N11O2P. The molecule has 0 spiro atoms. The van der Waals surface area contributed by atoms with Crippen LogP contribution < -0.4 is 16.7 Å². The van der Waals surface area contributed by atoms with Crippen molar-refractivity contribution in [3.05, 3.63) is 127 Å². The third kappa shape index (κ3) is 3.99. The van der Waals surface area contributed by atoms with Crippen molar-refractivity contribution in [2.75, 3.05) is 0 Å². The van der Waals surface area contributed by atoms with Crippen LogP contribution in [0.3, 0.4) is 0 Å². The van der Waals surface area contributed by atoms with E-state index in [1.807, 2.05) is 60.7 Å². The number of rotatable bonds is 0. The van der Waals surface area contributed by atoms with Crippen molar-refractivity contribution < 1.29 is 0 Å². The number of amidine groups is 4. The third-order valence-electron chi connectivity index (χ3n) is 9.36. The van der Waals surface area contributed by atoms with Crippen LogP contribution in [0.5, 0.6) is 0 Å². The van der Waals surface area contributed by atoms with Gasteiger partial charge < -0.3 is 30.2 Å². The zero-order valence-corrected chi connectivity index (χ0v) is 26.3. The van der Waals surface area contributed by atoms with E-state index in [0.717, 1.165) is 55.1 Å². The van der Waals surface area contributed by atoms with Crippen LogP contribution in [-0.2, 0) is 6.42 Å². The summed E-state index contributed by atoms with van der Waals surface area (Å²) < 4.78 is 0. The van der Waals surface area contributed by atoms with Crippen molar-refractivity contribution >= 4 is 81.9 Å². The van der Waals surface area contributed by atoms with Crippen molar-refractivity contribution in [3.63, 3.8) is 0 Å². The summed E-state index contributed by atoms with van der Waals surface area (Å²) >= 11 is 0. The summed E-state index contributed by atoms with van der Waals surface area (Å²) in [6.45, 7) is 0. The Morgan fingerprint density at radius 2 is 1.10 bits per heavy atom. The molecular weight excluding hydrogens is 637 g/mol. The van der Waals surface area contributed by atoms with Crippen LogP contribution in [0.2, 0.25) is 0 Å². The predicted octanol–water partition coefficient (Wildman–Crippen LogP) is 4.79. The number of aromatic amines is 5. The number of fused-ring (bicyclic) bond motifs is 19. The van der Waals surface area contributed by atoms with Gasteiger partial charge in [0.05, 0.1) is 33.3 Å². The maximum atomic E-state index is 12.3. The summed E-state index contributed by atoms with van der Waals surface area (Å²) in [6, 6.07) is 23.9. The molecule has 0 radical (unpaired) electrons. The fourth-order valence-electron chi connectivity index (χ4n) is 7.16. The van der Waals surface area contributed by atoms with Crippen molar-refractivity contribution in [2.45, 2.75) is 12.2 Å². The molecule has 7 heterocycles. The number of nitrogens with zero attached hydrogens (tertiary/aromatic N) is 5. The first-order valence-electron chi connectivity index (χ1n) is 15.7. The highest BCUT2D eigenvalue weighted by atomic mass is 31.1. The molecule has 0 saturated heterocycles. The van der Waals surface area contributed by atoms with Gasteiger partial charge in [-0.3, -0.25) is 0 Å². The fourth-order valence-corrected chi connectivity index (χ4v) is 8.57. The van der Waals surface area contributed by atoms with Crippen LogP contribution in [0, 0.1) is 0 Å². The lowest BCUT2D eigenvalue weighted by Crippen LogP contribution is -2.40. The van der Waals surface area contributed by atoms with Crippen LogP contribution in [0.25, 0.3) is 32.8 Å². The first-order chi connectivity index (χ1) is 24.0. The molecule has 11 rings (SSSR count). The largest absolute Gasteiger partial charge is 0.362 e. The number of nitrogens with one attached hydrogen (secondary N) is 6. The molecule has 2 unspecified atom stereocenters. The Bertz CT molecular complexity index is 2930. The molecule has 3 aromatic heterocycles. The Kier molecular flexibility index (Phi) is 5.18. The molecule has 234 valence electrons. The third-order valence-corrected chi connectivity index (χ3v) is 10.7. The Balaban J connectivity index is 1.21. The van der Waals surface area contributed by atoms with Gasteiger partial charge in [-0.2, -0.15) is 0 Å². The molecule has 7 aromatic rings. The summed E-state index contributed by atoms with van der Waals surface area (Å²) in [7, 11) is 0.271. The Labute approximate surface area is 276 Å². The molecule has 13 nitrogen and oxygen atoms in total. The lowest BCUT2D eigenvalue weighted by Gasteiger charge is -2.28. The summed E-state index contributed by atoms with van der Waals surface area (Å²) in [6.07, 6.45) is 0.690. The van der Waals surface area contributed by atoms with Crippen molar-refractivity contribution in [1.82, 2.24) is 30.2 Å². The second-order valence-electron chi connectivity index (χ2n) is 12.3. The molecule has 14 heteroatoms. The average molecular weight is 660 g/mol. The maximum Gasteiger partial charge on any atom is 0.323 e. The zero-order valence-electron chi connectivity index (χ0n) is 25.3. The van der Waals surface area contributed by atoms with Crippen molar-refractivity contribution in [2.24, 2.45) is 25.0 Å². The molecule has 0 amide bonds. The zero-order chi connectivity index (χ0) is 32.4. The minimum Gasteiger partial charge on any atom is -0.362 e. The monoisotopic (exact) mass is 659 g/mol. The molecule has 0 saturated carbocycles. The average Bonchev–Trinajstić information content (AvgIpc) is 3.89. The van der Waals surface area contributed by atoms with E-state index in [2.05, 4.69) is 42.4 Å². The number of hydrogen-bond donors (Lipinski definition) is 6. The summed E-state index contributed by atoms with van der Waals surface area (Å²) in [5.74, 6) is 3.36. The van der Waals surface area contributed by atoms with Gasteiger partial charge in [0, 0.05) is 38.6 Å². The van der Waals surface area contributed by atoms with E-state index in [-0.39, 0.29) is 25.7 Å². The minimum absolute atomic E-state index is 0.0514. The SMILES string of the molecule is O=c1[nH]c2cc3c(cc2[nH]1)C1=NC2=N/C(=N\c4[nH]c(c5ccccc45)/N=C4\N=C(PC(C3)N1)c1ccccc14)c1cc3[nH]c(=O)[nH]c3cc12. The van der Waals surface area contributed by atoms with Crippen molar-refractivity contribution in [1.29, 1.82) is 0 Å². The first-order valence-corrected chi connectivity index (χ1v) is 16.8. The molecule has 8 bridgehead atoms. The summed E-state index contributed by atoms with van der Waals surface area (Å²) in [4.78, 5) is 65.0. The number of aliphatic imine (C=N–C) groups is 5. The molecule has 4 aromatic carbocycles. The number of imidazole rings is 2. The number of aromatic nitrogens is 5. The van der Waals surface area contributed by atoms with E-state index in [1.165, 1.54) is 0 Å². The molecule has 2 atom stereocenters. The van der Waals surface area contributed by atoms with Gasteiger partial charge in [0.25, 0.3) is 0 Å². The second kappa shape index (κ2) is 9.55. The number of hydrogen-bond acceptors (Lipinski definition) is 8. The van der Waals surface area contributed by atoms with E-state index in [0.29, 0.717) is 57.9 Å². The van der Waals surface area contributed by atoms with E-state index in [9.17, 15) is 9.59 Å². The fraction of sp³-hybridized carbons (Fsp3) is 0.0571. The molecule has 4 aliphatic rings. The van der Waals surface area contributed by atoms with Gasteiger partial charge in [0.15, 0.2) is 17.5 Å². The van der Waals surface area contributed by atoms with Gasteiger partial charge in [-0.05, 0) is 44.8 Å². The van der Waals surface area contributed by atoms with Crippen LogP contribution in [0.15, 0.2) is 107 Å². The second-order valence-corrected chi connectivity index (χ2v) is 13.8. The summed E-state index contributed by atoms with van der Waals surface area (Å²) in [5.41, 5.74) is 8.50. The standard InChI is InChI=1S/C35H22N11O2P/c47-34-36-22-9-14-10-26-40-30(19(14)11-23(22)37-34)44-32-21-13-25-24(38-35(48)39-25)12-20(21)31(45-32)43-28-16-6-2-1-5-15(16)27(41-28)42-29-17-7-3-4-8-18(17)33(46-29)49-26/h1-9,11-13,26,41,49H,10H2,(H2,36,37,47)(H2,38,39,48)(H,40,43,44,45)/b42-29-. The molecule has 0 aliphatic carbocycles. The van der Waals surface area contributed by atoms with Crippen LogP contribution in [-0.4, -0.2) is 59.5 Å². The molecule has 6 N–H and O–H groups in total. The molecule has 0 fully saturated rings. The lowest BCUT2D eigenvalue weighted by molar-refractivity contribution is 0.779. The van der Waals surface area contributed by atoms with E-state index in [4.69, 9.17) is 25.0 Å². The maximum absolute atomic E-state index is 12.3. The number of H-pyrrole nitrogens is 5. The highest BCUT2D eigenvalue weighted by Gasteiger charge is 2.31. The topological polar surface area (TPSA) is 187 Å². The predicted molar refractivity (Wildman–Crippen MR) is 194 cm³/mol. The van der Waals surface area contributed by atoms with Gasteiger partial charge in [-0.1, -0.05) is 48.5 Å². The van der Waals surface area contributed by atoms with Crippen molar-refractivity contribution in [3.8, 4) is 0 Å². The molecule has 4 aliphatic heterocycles.